The third-order valence-electron chi connectivity index (χ3n) is 2.48. The van der Waals surface area contributed by atoms with Gasteiger partial charge in [0.1, 0.15) is 6.04 Å². The number of carboxylic acids is 1. The summed E-state index contributed by atoms with van der Waals surface area (Å²) >= 11 is 0. The molecule has 1 unspecified atom stereocenters. The van der Waals surface area contributed by atoms with Gasteiger partial charge in [0, 0.05) is 6.54 Å². The number of rotatable bonds is 6. The van der Waals surface area contributed by atoms with E-state index in [1.54, 1.807) is 18.2 Å². The average molecular weight is 232 g/mol. The summed E-state index contributed by atoms with van der Waals surface area (Å²) in [6.07, 6.45) is 1.43. The van der Waals surface area contributed by atoms with E-state index < -0.39 is 12.0 Å². The van der Waals surface area contributed by atoms with Crippen LogP contribution < -0.4 is 5.32 Å². The molecule has 1 aromatic rings. The normalized spacial score (nSPS) is 11.8. The molecule has 0 bridgehead atoms. The Morgan fingerprint density at radius 1 is 1.59 bits per heavy atom. The van der Waals surface area contributed by atoms with Gasteiger partial charge in [-0.05, 0) is 24.1 Å². The summed E-state index contributed by atoms with van der Waals surface area (Å²) in [7, 11) is 0. The zero-order valence-corrected chi connectivity index (χ0v) is 9.81. The van der Waals surface area contributed by atoms with E-state index >= 15 is 0 Å². The smallest absolute Gasteiger partial charge is 0.320 e. The van der Waals surface area contributed by atoms with Crippen LogP contribution in [0.25, 0.3) is 0 Å². The number of carboxylic acid groups (broad SMARTS) is 1. The monoisotopic (exact) mass is 232 g/mol. The Bertz CT molecular complexity index is 424. The lowest BCUT2D eigenvalue weighted by Gasteiger charge is -2.13. The van der Waals surface area contributed by atoms with Crippen LogP contribution in [-0.4, -0.2) is 17.1 Å². The van der Waals surface area contributed by atoms with Gasteiger partial charge in [-0.1, -0.05) is 25.5 Å². The lowest BCUT2D eigenvalue weighted by Crippen LogP contribution is -2.35. The van der Waals surface area contributed by atoms with Gasteiger partial charge in [-0.25, -0.2) is 0 Å². The fourth-order valence-electron chi connectivity index (χ4n) is 1.59. The molecule has 4 nitrogen and oxygen atoms in total. The van der Waals surface area contributed by atoms with E-state index in [4.69, 9.17) is 10.4 Å². The van der Waals surface area contributed by atoms with Crippen molar-refractivity contribution in [3.63, 3.8) is 0 Å². The molecule has 17 heavy (non-hydrogen) atoms. The molecule has 0 heterocycles. The van der Waals surface area contributed by atoms with Crippen molar-refractivity contribution in [1.29, 1.82) is 5.26 Å². The standard InChI is InChI=1S/C13H16N2O2/c1-2-4-12(13(16)17)15-9-11-6-3-5-10(7-11)8-14/h3,5-7,12,15H,2,4,9H2,1H3,(H,16,17). The molecule has 1 aromatic carbocycles. The van der Waals surface area contributed by atoms with Crippen molar-refractivity contribution in [2.24, 2.45) is 0 Å². The Balaban J connectivity index is 2.59. The van der Waals surface area contributed by atoms with Gasteiger partial charge in [-0.3, -0.25) is 4.79 Å². The van der Waals surface area contributed by atoms with Crippen molar-refractivity contribution >= 4 is 5.97 Å². The quantitative estimate of drug-likeness (QED) is 0.785. The van der Waals surface area contributed by atoms with Gasteiger partial charge in [0.05, 0.1) is 11.6 Å². The number of carbonyl (C=O) groups is 1. The number of benzene rings is 1. The molecule has 0 spiro atoms. The first-order chi connectivity index (χ1) is 8.17. The molecule has 0 aliphatic carbocycles. The van der Waals surface area contributed by atoms with Gasteiger partial charge in [0.15, 0.2) is 0 Å². The summed E-state index contributed by atoms with van der Waals surface area (Å²) in [6.45, 7) is 2.42. The summed E-state index contributed by atoms with van der Waals surface area (Å²) in [4.78, 5) is 10.9. The third-order valence-corrected chi connectivity index (χ3v) is 2.48. The predicted octanol–water partition coefficient (Wildman–Crippen LogP) is 1.90. The minimum atomic E-state index is -0.830. The second-order valence-electron chi connectivity index (χ2n) is 3.87. The zero-order valence-electron chi connectivity index (χ0n) is 9.81. The molecule has 1 atom stereocenters. The summed E-state index contributed by atoms with van der Waals surface area (Å²) < 4.78 is 0. The molecule has 0 aliphatic heterocycles. The third kappa shape index (κ3) is 4.25. The molecule has 0 saturated heterocycles. The molecule has 1 rings (SSSR count). The van der Waals surface area contributed by atoms with E-state index in [0.717, 1.165) is 12.0 Å². The van der Waals surface area contributed by atoms with E-state index in [0.29, 0.717) is 18.5 Å². The van der Waals surface area contributed by atoms with Crippen LogP contribution in [0.5, 0.6) is 0 Å². The van der Waals surface area contributed by atoms with Crippen LogP contribution in [0.2, 0.25) is 0 Å². The minimum absolute atomic E-state index is 0.465. The van der Waals surface area contributed by atoms with Crippen LogP contribution >= 0.6 is 0 Å². The first-order valence-electron chi connectivity index (χ1n) is 5.62. The highest BCUT2D eigenvalue weighted by atomic mass is 16.4. The second kappa shape index (κ2) is 6.66. The fourth-order valence-corrected chi connectivity index (χ4v) is 1.59. The zero-order chi connectivity index (χ0) is 12.7. The topological polar surface area (TPSA) is 73.1 Å². The fraction of sp³-hybridized carbons (Fsp3) is 0.385. The van der Waals surface area contributed by atoms with Crippen LogP contribution in [0.1, 0.15) is 30.9 Å². The Morgan fingerprint density at radius 3 is 2.94 bits per heavy atom. The SMILES string of the molecule is CCCC(NCc1cccc(C#N)c1)C(=O)O. The molecule has 90 valence electrons. The average Bonchev–Trinajstić information content (AvgIpc) is 2.34. The molecule has 0 saturated carbocycles. The number of aliphatic carboxylic acids is 1. The van der Waals surface area contributed by atoms with E-state index in [2.05, 4.69) is 11.4 Å². The van der Waals surface area contributed by atoms with Crippen LogP contribution in [-0.2, 0) is 11.3 Å². The lowest BCUT2D eigenvalue weighted by atomic mass is 10.1. The van der Waals surface area contributed by atoms with Crippen molar-refractivity contribution < 1.29 is 9.90 Å². The molecule has 4 heteroatoms. The van der Waals surface area contributed by atoms with Gasteiger partial charge in [0.2, 0.25) is 0 Å². The van der Waals surface area contributed by atoms with Crippen molar-refractivity contribution in [2.45, 2.75) is 32.4 Å². The molecule has 0 aliphatic rings. The number of hydrogen-bond donors (Lipinski definition) is 2. The summed E-state index contributed by atoms with van der Waals surface area (Å²) in [5, 5.41) is 20.7. The summed E-state index contributed by atoms with van der Waals surface area (Å²) in [5.41, 5.74) is 1.51. The van der Waals surface area contributed by atoms with E-state index in [1.165, 1.54) is 0 Å². The largest absolute Gasteiger partial charge is 0.480 e. The van der Waals surface area contributed by atoms with Gasteiger partial charge in [-0.2, -0.15) is 5.26 Å². The Labute approximate surface area is 101 Å². The number of nitriles is 1. The van der Waals surface area contributed by atoms with Crippen molar-refractivity contribution in [1.82, 2.24) is 5.32 Å². The maximum absolute atomic E-state index is 10.9. The number of nitrogens with zero attached hydrogens (tertiary/aromatic N) is 1. The number of hydrogen-bond acceptors (Lipinski definition) is 3. The van der Waals surface area contributed by atoms with Crippen molar-refractivity contribution in [3.8, 4) is 6.07 Å². The Hall–Kier alpha value is -1.86. The highest BCUT2D eigenvalue weighted by Gasteiger charge is 2.14. The van der Waals surface area contributed by atoms with Crippen LogP contribution in [0.15, 0.2) is 24.3 Å². The van der Waals surface area contributed by atoms with Crippen molar-refractivity contribution in [2.75, 3.05) is 0 Å². The van der Waals surface area contributed by atoms with E-state index in [1.807, 2.05) is 13.0 Å². The van der Waals surface area contributed by atoms with E-state index in [9.17, 15) is 4.79 Å². The van der Waals surface area contributed by atoms with Crippen LogP contribution in [0.4, 0.5) is 0 Å². The van der Waals surface area contributed by atoms with Gasteiger partial charge in [0.25, 0.3) is 0 Å². The summed E-state index contributed by atoms with van der Waals surface area (Å²) in [5.74, 6) is -0.830. The van der Waals surface area contributed by atoms with Gasteiger partial charge >= 0.3 is 5.97 Å². The summed E-state index contributed by atoms with van der Waals surface area (Å²) in [6, 6.07) is 8.70. The first-order valence-corrected chi connectivity index (χ1v) is 5.62. The second-order valence-corrected chi connectivity index (χ2v) is 3.87. The Kier molecular flexibility index (Phi) is 5.18. The first kappa shape index (κ1) is 13.2. The maximum atomic E-state index is 10.9. The molecule has 0 amide bonds. The molecule has 0 radical (unpaired) electrons. The van der Waals surface area contributed by atoms with Crippen molar-refractivity contribution in [3.05, 3.63) is 35.4 Å². The molecule has 0 fully saturated rings. The molecule has 2 N–H and O–H groups in total. The lowest BCUT2D eigenvalue weighted by molar-refractivity contribution is -0.139. The number of nitrogens with one attached hydrogen (secondary N) is 1. The van der Waals surface area contributed by atoms with Crippen LogP contribution in [0, 0.1) is 11.3 Å². The van der Waals surface area contributed by atoms with Crippen LogP contribution in [0.3, 0.4) is 0 Å². The maximum Gasteiger partial charge on any atom is 0.320 e. The van der Waals surface area contributed by atoms with E-state index in [-0.39, 0.29) is 0 Å². The highest BCUT2D eigenvalue weighted by molar-refractivity contribution is 5.73. The molecular weight excluding hydrogens is 216 g/mol. The minimum Gasteiger partial charge on any atom is -0.480 e. The van der Waals surface area contributed by atoms with Gasteiger partial charge in [-0.15, -0.1) is 0 Å². The predicted molar refractivity (Wildman–Crippen MR) is 64.3 cm³/mol. The molecular formula is C13H16N2O2. The molecule has 0 aromatic heterocycles. The van der Waals surface area contributed by atoms with Gasteiger partial charge < -0.3 is 10.4 Å². The Morgan fingerprint density at radius 2 is 2.35 bits per heavy atom. The highest BCUT2D eigenvalue weighted by Crippen LogP contribution is 2.05.